The summed E-state index contributed by atoms with van der Waals surface area (Å²) in [6, 6.07) is 8.79. The Morgan fingerprint density at radius 1 is 1.19 bits per heavy atom. The smallest absolute Gasteiger partial charge is 0.329 e. The molecule has 5 nitrogen and oxygen atoms in total. The number of carbonyl (C=O) groups excluding carboxylic acids is 1. The van der Waals surface area contributed by atoms with E-state index >= 15 is 0 Å². The number of hydrogen-bond donors (Lipinski definition) is 2. The molecule has 0 atom stereocenters. The lowest BCUT2D eigenvalue weighted by molar-refractivity contribution is -0.144. The summed E-state index contributed by atoms with van der Waals surface area (Å²) in [6.07, 6.45) is 2.31. The van der Waals surface area contributed by atoms with Crippen molar-refractivity contribution in [2.45, 2.75) is 32.2 Å². The zero-order chi connectivity index (χ0) is 15.5. The Bertz CT molecular complexity index is 673. The number of nitrogens with zero attached hydrogens (tertiary/aromatic N) is 1. The first-order valence-electron chi connectivity index (χ1n) is 6.93. The number of carbonyl (C=O) groups is 2. The topological polar surface area (TPSA) is 79.3 Å². The predicted octanol–water partition coefficient (Wildman–Crippen LogP) is 2.61. The van der Waals surface area contributed by atoms with E-state index in [1.807, 2.05) is 6.07 Å². The number of benzene rings is 1. The van der Waals surface area contributed by atoms with Crippen LogP contribution in [0.2, 0.25) is 0 Å². The van der Waals surface area contributed by atoms with Gasteiger partial charge in [-0.15, -0.1) is 0 Å². The molecule has 0 fully saturated rings. The quantitative estimate of drug-likeness (QED) is 0.885. The van der Waals surface area contributed by atoms with Crippen molar-refractivity contribution in [3.8, 4) is 0 Å². The Balaban J connectivity index is 2.41. The minimum Gasteiger partial charge on any atom is -0.480 e. The molecule has 21 heavy (non-hydrogen) atoms. The molecule has 0 aliphatic carbocycles. The van der Waals surface area contributed by atoms with Gasteiger partial charge in [-0.1, -0.05) is 26.0 Å². The van der Waals surface area contributed by atoms with Crippen molar-refractivity contribution in [2.75, 3.05) is 0 Å². The Morgan fingerprint density at radius 3 is 2.52 bits per heavy atom. The Morgan fingerprint density at radius 2 is 1.90 bits per heavy atom. The van der Waals surface area contributed by atoms with Crippen LogP contribution >= 0.6 is 0 Å². The molecular formula is C16H18N2O3. The summed E-state index contributed by atoms with van der Waals surface area (Å²) in [7, 11) is 0. The van der Waals surface area contributed by atoms with Crippen molar-refractivity contribution in [1.29, 1.82) is 0 Å². The maximum Gasteiger partial charge on any atom is 0.329 e. The number of aromatic nitrogens is 1. The van der Waals surface area contributed by atoms with Gasteiger partial charge in [-0.2, -0.15) is 0 Å². The summed E-state index contributed by atoms with van der Waals surface area (Å²) in [5.74, 6) is -1.40. The van der Waals surface area contributed by atoms with Gasteiger partial charge < -0.3 is 10.4 Å². The average Bonchev–Trinajstić information content (AvgIpc) is 2.51. The van der Waals surface area contributed by atoms with Gasteiger partial charge in [0, 0.05) is 17.1 Å². The van der Waals surface area contributed by atoms with Crippen LogP contribution in [0.3, 0.4) is 0 Å². The first-order chi connectivity index (χ1) is 10.0. The third-order valence-corrected chi connectivity index (χ3v) is 3.86. The molecule has 2 rings (SSSR count). The normalized spacial score (nSPS) is 11.3. The van der Waals surface area contributed by atoms with E-state index in [0.29, 0.717) is 29.3 Å². The van der Waals surface area contributed by atoms with E-state index in [0.717, 1.165) is 0 Å². The molecule has 0 aliphatic rings. The molecule has 0 radical (unpaired) electrons. The highest BCUT2D eigenvalue weighted by Gasteiger charge is 2.36. The molecule has 0 bridgehead atoms. The molecule has 0 aliphatic heterocycles. The largest absolute Gasteiger partial charge is 0.480 e. The summed E-state index contributed by atoms with van der Waals surface area (Å²) < 4.78 is 0. The molecule has 2 aromatic rings. The standard InChI is InChI=1S/C16H18N2O3/c1-3-16(4-2,15(20)21)18-14(19)12-7-5-9-13-11(12)8-6-10-17-13/h5-10H,3-4H2,1-2H3,(H,18,19)(H,20,21). The summed E-state index contributed by atoms with van der Waals surface area (Å²) in [5, 5.41) is 12.8. The van der Waals surface area contributed by atoms with Gasteiger partial charge in [0.1, 0.15) is 5.54 Å². The fraction of sp³-hybridized carbons (Fsp3) is 0.312. The van der Waals surface area contributed by atoms with Gasteiger partial charge in [0.2, 0.25) is 0 Å². The van der Waals surface area contributed by atoms with E-state index in [2.05, 4.69) is 10.3 Å². The van der Waals surface area contributed by atoms with Gasteiger partial charge in [-0.25, -0.2) is 4.79 Å². The van der Waals surface area contributed by atoms with Gasteiger partial charge in [-0.05, 0) is 31.0 Å². The molecule has 0 spiro atoms. The second kappa shape index (κ2) is 5.91. The van der Waals surface area contributed by atoms with Gasteiger partial charge in [0.05, 0.1) is 5.52 Å². The van der Waals surface area contributed by atoms with E-state index in [1.54, 1.807) is 44.3 Å². The Labute approximate surface area is 123 Å². The van der Waals surface area contributed by atoms with E-state index < -0.39 is 11.5 Å². The number of amides is 1. The zero-order valence-corrected chi connectivity index (χ0v) is 12.1. The highest BCUT2D eigenvalue weighted by atomic mass is 16.4. The lowest BCUT2D eigenvalue weighted by atomic mass is 9.92. The number of carboxylic acid groups (broad SMARTS) is 1. The molecule has 1 heterocycles. The molecule has 0 unspecified atom stereocenters. The maximum absolute atomic E-state index is 12.5. The third-order valence-electron chi connectivity index (χ3n) is 3.86. The number of fused-ring (bicyclic) bond motifs is 1. The van der Waals surface area contributed by atoms with Crippen LogP contribution in [0.5, 0.6) is 0 Å². The van der Waals surface area contributed by atoms with Crippen molar-refractivity contribution >= 4 is 22.8 Å². The number of aliphatic carboxylic acids is 1. The van der Waals surface area contributed by atoms with Crippen LogP contribution in [-0.2, 0) is 4.79 Å². The zero-order valence-electron chi connectivity index (χ0n) is 12.1. The fourth-order valence-corrected chi connectivity index (χ4v) is 2.37. The molecule has 110 valence electrons. The van der Waals surface area contributed by atoms with Crippen LogP contribution < -0.4 is 5.32 Å². The van der Waals surface area contributed by atoms with Gasteiger partial charge in [0.15, 0.2) is 0 Å². The van der Waals surface area contributed by atoms with E-state index in [4.69, 9.17) is 0 Å². The summed E-state index contributed by atoms with van der Waals surface area (Å²) >= 11 is 0. The van der Waals surface area contributed by atoms with Gasteiger partial charge in [0.25, 0.3) is 5.91 Å². The summed E-state index contributed by atoms with van der Waals surface area (Å²) in [5.41, 5.74) is -0.0891. The highest BCUT2D eigenvalue weighted by Crippen LogP contribution is 2.20. The Hall–Kier alpha value is -2.43. The molecular weight excluding hydrogens is 268 g/mol. The molecule has 1 aromatic carbocycles. The number of rotatable bonds is 5. The van der Waals surface area contributed by atoms with Crippen LogP contribution in [0.1, 0.15) is 37.0 Å². The van der Waals surface area contributed by atoms with Crippen molar-refractivity contribution < 1.29 is 14.7 Å². The van der Waals surface area contributed by atoms with E-state index in [1.165, 1.54) is 0 Å². The summed E-state index contributed by atoms with van der Waals surface area (Å²) in [6.45, 7) is 3.51. The second-order valence-electron chi connectivity index (χ2n) is 4.92. The Kier molecular flexibility index (Phi) is 4.21. The van der Waals surface area contributed by atoms with Crippen LogP contribution in [-0.4, -0.2) is 27.5 Å². The minimum absolute atomic E-state index is 0.327. The van der Waals surface area contributed by atoms with Crippen molar-refractivity contribution in [3.05, 3.63) is 42.1 Å². The molecule has 0 saturated heterocycles. The fourth-order valence-electron chi connectivity index (χ4n) is 2.37. The maximum atomic E-state index is 12.5. The van der Waals surface area contributed by atoms with Gasteiger partial charge >= 0.3 is 5.97 Å². The molecule has 1 amide bonds. The highest BCUT2D eigenvalue weighted by molar-refractivity contribution is 6.07. The van der Waals surface area contributed by atoms with Gasteiger partial charge in [-0.3, -0.25) is 9.78 Å². The van der Waals surface area contributed by atoms with Crippen molar-refractivity contribution in [1.82, 2.24) is 10.3 Å². The molecule has 2 N–H and O–H groups in total. The van der Waals surface area contributed by atoms with E-state index in [-0.39, 0.29) is 5.91 Å². The minimum atomic E-state index is -1.23. The predicted molar refractivity (Wildman–Crippen MR) is 80.2 cm³/mol. The average molecular weight is 286 g/mol. The van der Waals surface area contributed by atoms with Crippen LogP contribution in [0.15, 0.2) is 36.5 Å². The van der Waals surface area contributed by atoms with Crippen molar-refractivity contribution in [3.63, 3.8) is 0 Å². The first kappa shape index (κ1) is 15.0. The molecule has 1 aromatic heterocycles. The number of nitrogens with one attached hydrogen (secondary N) is 1. The first-order valence-corrected chi connectivity index (χ1v) is 6.93. The monoisotopic (exact) mass is 286 g/mol. The lowest BCUT2D eigenvalue weighted by Gasteiger charge is -2.28. The second-order valence-corrected chi connectivity index (χ2v) is 4.92. The third kappa shape index (κ3) is 2.72. The van der Waals surface area contributed by atoms with Crippen LogP contribution in [0.25, 0.3) is 10.9 Å². The van der Waals surface area contributed by atoms with Crippen LogP contribution in [0, 0.1) is 0 Å². The molecule has 0 saturated carbocycles. The SMILES string of the molecule is CCC(CC)(NC(=O)c1cccc2ncccc12)C(=O)O. The lowest BCUT2D eigenvalue weighted by Crippen LogP contribution is -2.53. The number of hydrogen-bond acceptors (Lipinski definition) is 3. The van der Waals surface area contributed by atoms with Crippen molar-refractivity contribution in [2.24, 2.45) is 0 Å². The number of pyridine rings is 1. The van der Waals surface area contributed by atoms with E-state index in [9.17, 15) is 14.7 Å². The van der Waals surface area contributed by atoms with Crippen LogP contribution in [0.4, 0.5) is 0 Å². The number of carboxylic acids is 1. The summed E-state index contributed by atoms with van der Waals surface area (Å²) in [4.78, 5) is 28.2. The molecule has 5 heteroatoms.